The zero-order chi connectivity index (χ0) is 20.9. The number of likely N-dealkylation sites (tertiary alicyclic amines) is 1. The highest BCUT2D eigenvalue weighted by Gasteiger charge is 2.29. The monoisotopic (exact) mass is 416 g/mol. The van der Waals surface area contributed by atoms with Crippen molar-refractivity contribution in [2.24, 2.45) is 5.92 Å². The lowest BCUT2D eigenvalue weighted by molar-refractivity contribution is 0.0314. The Kier molecular flexibility index (Phi) is 6.59. The van der Waals surface area contributed by atoms with Crippen LogP contribution in [0.25, 0.3) is 0 Å². The minimum Gasteiger partial charge on any atom is -0.379 e. The number of nitrogens with zero attached hydrogens (tertiary/aromatic N) is 5. The predicted molar refractivity (Wildman–Crippen MR) is 111 cm³/mol. The first kappa shape index (κ1) is 20.7. The zero-order valence-corrected chi connectivity index (χ0v) is 17.4. The zero-order valence-electron chi connectivity index (χ0n) is 17.4. The van der Waals surface area contributed by atoms with Crippen molar-refractivity contribution < 1.29 is 13.9 Å². The van der Waals surface area contributed by atoms with Crippen LogP contribution in [0, 0.1) is 11.7 Å². The number of halogens is 1. The number of hydrogen-bond donors (Lipinski definition) is 1. The van der Waals surface area contributed by atoms with Gasteiger partial charge in [-0.1, -0.05) is 24.3 Å². The lowest BCUT2D eigenvalue weighted by Crippen LogP contribution is -2.40. The van der Waals surface area contributed by atoms with Crippen LogP contribution in [-0.4, -0.2) is 76.8 Å². The number of morpholine rings is 1. The number of carbonyl (C=O) groups excluding carboxylic acids is 1. The number of anilines is 1. The number of aromatic nitrogens is 3. The maximum atomic E-state index is 13.1. The summed E-state index contributed by atoms with van der Waals surface area (Å²) in [6.07, 6.45) is 1.70. The van der Waals surface area contributed by atoms with E-state index in [0.29, 0.717) is 24.7 Å². The van der Waals surface area contributed by atoms with Crippen molar-refractivity contribution in [1.82, 2.24) is 24.8 Å². The topological polar surface area (TPSA) is 75.5 Å². The summed E-state index contributed by atoms with van der Waals surface area (Å²) in [6, 6.07) is 6.20. The third-order valence-corrected chi connectivity index (χ3v) is 5.84. The molecule has 2 aliphatic rings. The summed E-state index contributed by atoms with van der Waals surface area (Å²) >= 11 is 0. The van der Waals surface area contributed by atoms with E-state index >= 15 is 0 Å². The van der Waals surface area contributed by atoms with Crippen molar-refractivity contribution in [1.29, 1.82) is 0 Å². The van der Waals surface area contributed by atoms with Crippen LogP contribution >= 0.6 is 0 Å². The van der Waals surface area contributed by atoms with Crippen LogP contribution in [0.3, 0.4) is 0 Å². The third kappa shape index (κ3) is 4.96. The number of nitrogens with one attached hydrogen (secondary N) is 1. The minimum atomic E-state index is -0.265. The van der Waals surface area contributed by atoms with Crippen molar-refractivity contribution in [3.63, 3.8) is 0 Å². The number of rotatable bonds is 6. The molecule has 0 radical (unpaired) electrons. The van der Waals surface area contributed by atoms with E-state index < -0.39 is 0 Å². The Hall–Kier alpha value is -2.52. The van der Waals surface area contributed by atoms with Crippen molar-refractivity contribution >= 4 is 11.8 Å². The van der Waals surface area contributed by atoms with E-state index in [-0.39, 0.29) is 11.8 Å². The van der Waals surface area contributed by atoms with Gasteiger partial charge < -0.3 is 9.64 Å². The number of carbonyl (C=O) groups is 1. The Labute approximate surface area is 176 Å². The maximum absolute atomic E-state index is 13.1. The number of ether oxygens (including phenoxy) is 1. The summed E-state index contributed by atoms with van der Waals surface area (Å²) < 4.78 is 20.3. The Morgan fingerprint density at radius 2 is 2.00 bits per heavy atom. The molecule has 2 amide bonds. The highest BCUT2D eigenvalue weighted by atomic mass is 19.1. The molecular weight excluding hydrogens is 387 g/mol. The third-order valence-electron chi connectivity index (χ3n) is 5.84. The van der Waals surface area contributed by atoms with Crippen LogP contribution in [0.5, 0.6) is 0 Å². The van der Waals surface area contributed by atoms with Crippen LogP contribution in [0.1, 0.15) is 24.6 Å². The maximum Gasteiger partial charge on any atom is 0.323 e. The van der Waals surface area contributed by atoms with Crippen molar-refractivity contribution in [2.75, 3.05) is 51.3 Å². The van der Waals surface area contributed by atoms with Gasteiger partial charge in [-0.3, -0.25) is 10.2 Å². The number of urea groups is 1. The molecule has 162 valence electrons. The molecule has 9 heteroatoms. The van der Waals surface area contributed by atoms with Gasteiger partial charge in [-0.25, -0.2) is 13.9 Å². The first-order chi connectivity index (χ1) is 14.6. The van der Waals surface area contributed by atoms with Crippen molar-refractivity contribution in [2.45, 2.75) is 26.3 Å². The SMILES string of the molecule is CCc1c(NC(=O)N2CCC(CN3CCOCC3)C2)nnn1Cc1ccc(F)cc1. The lowest BCUT2D eigenvalue weighted by Gasteiger charge is -2.29. The van der Waals surface area contributed by atoms with Gasteiger partial charge >= 0.3 is 6.03 Å². The molecule has 0 bridgehead atoms. The van der Waals surface area contributed by atoms with E-state index in [1.54, 1.807) is 16.8 Å². The molecule has 2 saturated heterocycles. The van der Waals surface area contributed by atoms with Gasteiger partial charge in [0.1, 0.15) is 5.82 Å². The van der Waals surface area contributed by atoms with Gasteiger partial charge in [-0.15, -0.1) is 5.10 Å². The van der Waals surface area contributed by atoms with Crippen LogP contribution in [0.15, 0.2) is 24.3 Å². The second kappa shape index (κ2) is 9.53. The molecular formula is C21H29FN6O2. The van der Waals surface area contributed by atoms with Gasteiger partial charge in [0.05, 0.1) is 25.5 Å². The van der Waals surface area contributed by atoms with Crippen molar-refractivity contribution in [3.05, 3.63) is 41.3 Å². The standard InChI is InChI=1S/C21H29FN6O2/c1-2-19-20(24-25-28(19)15-16-3-5-18(22)6-4-16)23-21(29)27-8-7-17(14-27)13-26-9-11-30-12-10-26/h3-6,17H,2,7-15H2,1H3,(H,23,29). The van der Waals surface area contributed by atoms with Crippen LogP contribution < -0.4 is 5.32 Å². The normalized spacial score (nSPS) is 19.9. The number of benzene rings is 1. The molecule has 1 unspecified atom stereocenters. The molecule has 1 aromatic carbocycles. The van der Waals surface area contributed by atoms with Crippen molar-refractivity contribution in [3.8, 4) is 0 Å². The van der Waals surface area contributed by atoms with E-state index in [1.165, 1.54) is 12.1 Å². The van der Waals surface area contributed by atoms with Gasteiger partial charge in [0.25, 0.3) is 0 Å². The van der Waals surface area contributed by atoms with Gasteiger partial charge in [0.15, 0.2) is 5.82 Å². The second-order valence-corrected chi connectivity index (χ2v) is 7.97. The molecule has 1 atom stereocenters. The molecule has 2 aromatic rings. The fourth-order valence-electron chi connectivity index (χ4n) is 4.16. The smallest absolute Gasteiger partial charge is 0.323 e. The molecule has 1 N–H and O–H groups in total. The van der Waals surface area contributed by atoms with Crippen LogP contribution in [-0.2, 0) is 17.7 Å². The number of hydrogen-bond acceptors (Lipinski definition) is 5. The Morgan fingerprint density at radius 3 is 2.73 bits per heavy atom. The van der Waals surface area contributed by atoms with Crippen LogP contribution in [0.2, 0.25) is 0 Å². The highest BCUT2D eigenvalue weighted by molar-refractivity contribution is 5.89. The first-order valence-corrected chi connectivity index (χ1v) is 10.6. The van der Waals surface area contributed by atoms with Gasteiger partial charge in [0.2, 0.25) is 0 Å². The largest absolute Gasteiger partial charge is 0.379 e. The minimum absolute atomic E-state index is 0.122. The lowest BCUT2D eigenvalue weighted by atomic mass is 10.1. The highest BCUT2D eigenvalue weighted by Crippen LogP contribution is 2.21. The molecule has 0 spiro atoms. The average molecular weight is 417 g/mol. The van der Waals surface area contributed by atoms with Gasteiger partial charge in [-0.2, -0.15) is 0 Å². The van der Waals surface area contributed by atoms with E-state index in [1.807, 2.05) is 11.8 Å². The summed E-state index contributed by atoms with van der Waals surface area (Å²) in [5.41, 5.74) is 1.79. The molecule has 30 heavy (non-hydrogen) atoms. The van der Waals surface area contributed by atoms with E-state index in [9.17, 15) is 9.18 Å². The molecule has 2 fully saturated rings. The molecule has 8 nitrogen and oxygen atoms in total. The average Bonchev–Trinajstić information content (AvgIpc) is 3.37. The Balaban J connectivity index is 1.34. The molecule has 2 aliphatic heterocycles. The summed E-state index contributed by atoms with van der Waals surface area (Å²) in [5.74, 6) is 0.730. The first-order valence-electron chi connectivity index (χ1n) is 10.6. The summed E-state index contributed by atoms with van der Waals surface area (Å²) in [6.45, 7) is 8.55. The second-order valence-electron chi connectivity index (χ2n) is 7.97. The van der Waals surface area contributed by atoms with Crippen LogP contribution in [0.4, 0.5) is 15.0 Å². The molecule has 0 saturated carbocycles. The van der Waals surface area contributed by atoms with E-state index in [0.717, 1.165) is 63.6 Å². The molecule has 4 rings (SSSR count). The fraction of sp³-hybridized carbons (Fsp3) is 0.571. The van der Waals surface area contributed by atoms with E-state index in [4.69, 9.17) is 4.74 Å². The number of amides is 2. The molecule has 0 aliphatic carbocycles. The predicted octanol–water partition coefficient (Wildman–Crippen LogP) is 2.21. The quantitative estimate of drug-likeness (QED) is 0.782. The molecule has 1 aromatic heterocycles. The Morgan fingerprint density at radius 1 is 1.23 bits per heavy atom. The molecule has 3 heterocycles. The summed E-state index contributed by atoms with van der Waals surface area (Å²) in [7, 11) is 0. The van der Waals surface area contributed by atoms with Gasteiger partial charge in [-0.05, 0) is 36.5 Å². The Bertz CT molecular complexity index is 850. The van der Waals surface area contributed by atoms with Gasteiger partial charge in [0, 0.05) is 32.7 Å². The summed E-state index contributed by atoms with van der Waals surface area (Å²) in [4.78, 5) is 17.1. The fourth-order valence-corrected chi connectivity index (χ4v) is 4.16. The van der Waals surface area contributed by atoms with E-state index in [2.05, 4.69) is 20.5 Å². The summed E-state index contributed by atoms with van der Waals surface area (Å²) in [5, 5.41) is 11.3.